The number of nitrogens with one attached hydrogen (secondary N) is 1. The molecule has 1 aromatic heterocycles. The third kappa shape index (κ3) is 14.5. The number of fused-ring (bicyclic) bond motifs is 4. The summed E-state index contributed by atoms with van der Waals surface area (Å²) < 4.78 is 45.5. The van der Waals surface area contributed by atoms with E-state index in [2.05, 4.69) is 5.32 Å². The van der Waals surface area contributed by atoms with Crippen molar-refractivity contribution in [2.75, 3.05) is 92.5 Å². The second-order valence-electron chi connectivity index (χ2n) is 18.1. The highest BCUT2D eigenvalue weighted by molar-refractivity contribution is 8.00. The minimum absolute atomic E-state index is 0.0195. The number of methoxy groups -OCH3 is 2. The molecule has 0 saturated carbocycles. The van der Waals surface area contributed by atoms with Gasteiger partial charge >= 0.3 is 5.97 Å². The van der Waals surface area contributed by atoms with Crippen molar-refractivity contribution in [3.63, 3.8) is 0 Å². The molecule has 2 fully saturated rings. The number of carboxylic acid groups (broad SMARTS) is 1. The summed E-state index contributed by atoms with van der Waals surface area (Å²) in [7, 11) is 3.05. The van der Waals surface area contributed by atoms with Gasteiger partial charge in [0.25, 0.3) is 11.8 Å². The van der Waals surface area contributed by atoms with Gasteiger partial charge in [-0.25, -0.2) is 0 Å². The van der Waals surface area contributed by atoms with Crippen LogP contribution in [-0.2, 0) is 46.5 Å². The number of hydrogen-bond acceptors (Lipinski definition) is 16. The van der Waals surface area contributed by atoms with Gasteiger partial charge in [0.05, 0.1) is 125 Å². The van der Waals surface area contributed by atoms with Gasteiger partial charge in [-0.2, -0.15) is 0 Å². The molecule has 0 aliphatic carbocycles. The summed E-state index contributed by atoms with van der Waals surface area (Å²) in [4.78, 5) is 69.2. The molecule has 0 unspecified atom stereocenters. The second-order valence-corrected chi connectivity index (χ2v) is 19.7. The summed E-state index contributed by atoms with van der Waals surface area (Å²) in [6, 6.07) is 10.4. The average molecular weight is 1030 g/mol. The Morgan fingerprint density at radius 2 is 1.16 bits per heavy atom. The number of carbonyl (C=O) groups is 4. The van der Waals surface area contributed by atoms with Crippen LogP contribution in [0.5, 0.6) is 23.0 Å². The molecule has 0 bridgehead atoms. The number of aliphatic imine (C=N–C) groups is 2. The van der Waals surface area contributed by atoms with Crippen LogP contribution in [0.25, 0.3) is 0 Å². The molecule has 2 saturated heterocycles. The van der Waals surface area contributed by atoms with Crippen molar-refractivity contribution >= 4 is 59.3 Å². The normalized spacial score (nSPS) is 18.1. The van der Waals surface area contributed by atoms with E-state index in [1.54, 1.807) is 24.3 Å². The lowest BCUT2D eigenvalue weighted by molar-refractivity contribution is -0.138. The first-order chi connectivity index (χ1) is 35.3. The first-order valence-electron chi connectivity index (χ1n) is 24.4. The Hall–Kier alpha value is -6.32. The molecule has 4 aliphatic heterocycles. The van der Waals surface area contributed by atoms with Crippen LogP contribution in [0.4, 0.5) is 11.4 Å². The highest BCUT2D eigenvalue weighted by Gasteiger charge is 2.36. The molecule has 3 amide bonds. The highest BCUT2D eigenvalue weighted by Crippen LogP contribution is 2.42. The van der Waals surface area contributed by atoms with E-state index in [0.717, 1.165) is 18.4 Å². The van der Waals surface area contributed by atoms with Crippen LogP contribution in [0.1, 0.15) is 84.6 Å². The van der Waals surface area contributed by atoms with Crippen LogP contribution in [-0.4, -0.2) is 161 Å². The van der Waals surface area contributed by atoms with Gasteiger partial charge in [0.15, 0.2) is 23.0 Å². The van der Waals surface area contributed by atoms with E-state index in [0.29, 0.717) is 123 Å². The maximum absolute atomic E-state index is 13.8. The molecule has 4 aliphatic rings. The maximum atomic E-state index is 13.8. The van der Waals surface area contributed by atoms with Gasteiger partial charge < -0.3 is 58.1 Å². The fraction of sp³-hybridized carbons (Fsp3) is 0.491. The van der Waals surface area contributed by atoms with Gasteiger partial charge in [-0.3, -0.25) is 34.1 Å². The first-order valence-corrected chi connectivity index (χ1v) is 25.4. The molecule has 5 heterocycles. The highest BCUT2D eigenvalue weighted by atomic mass is 32.2. The summed E-state index contributed by atoms with van der Waals surface area (Å²) in [6.07, 6.45) is 9.18. The number of aromatic nitrogens is 1. The first kappa shape index (κ1) is 54.5. The van der Waals surface area contributed by atoms with Gasteiger partial charge in [-0.05, 0) is 70.4 Å². The Balaban J connectivity index is 0.995. The molecule has 392 valence electrons. The van der Waals surface area contributed by atoms with Gasteiger partial charge in [0, 0.05) is 48.9 Å². The molecule has 0 radical (unpaired) electrons. The van der Waals surface area contributed by atoms with Gasteiger partial charge in [-0.15, -0.1) is 11.8 Å². The van der Waals surface area contributed by atoms with Crippen molar-refractivity contribution in [2.24, 2.45) is 9.98 Å². The molecule has 20 heteroatoms. The Morgan fingerprint density at radius 3 is 1.62 bits per heavy atom. The molecule has 2 aromatic carbocycles. The maximum Gasteiger partial charge on any atom is 0.305 e. The number of rotatable bonds is 27. The van der Waals surface area contributed by atoms with E-state index >= 15 is 0 Å². The van der Waals surface area contributed by atoms with Crippen LogP contribution < -0.4 is 24.3 Å². The number of nitrogens with zero attached hydrogens (tertiary/aromatic N) is 5. The van der Waals surface area contributed by atoms with Crippen molar-refractivity contribution in [1.29, 1.82) is 0 Å². The van der Waals surface area contributed by atoms with E-state index in [1.165, 1.54) is 37.1 Å². The molecule has 7 rings (SSSR count). The Kier molecular flexibility index (Phi) is 19.4. The molecule has 73 heavy (non-hydrogen) atoms. The topological polar surface area (TPSA) is 218 Å². The van der Waals surface area contributed by atoms with Crippen LogP contribution in [0.3, 0.4) is 0 Å². The summed E-state index contributed by atoms with van der Waals surface area (Å²) >= 11 is 1.46. The molecular formula is C53H66N6O13S. The summed E-state index contributed by atoms with van der Waals surface area (Å²) in [5.41, 5.74) is 6.23. The van der Waals surface area contributed by atoms with E-state index in [-0.39, 0.29) is 61.8 Å². The number of carboxylic acids is 1. The fourth-order valence-corrected chi connectivity index (χ4v) is 9.42. The van der Waals surface area contributed by atoms with Crippen molar-refractivity contribution in [1.82, 2.24) is 20.1 Å². The zero-order valence-corrected chi connectivity index (χ0v) is 43.3. The molecule has 3 aromatic rings. The minimum Gasteiger partial charge on any atom is -0.493 e. The smallest absolute Gasteiger partial charge is 0.305 e. The number of ether oxygens (including phenoxy) is 8. The largest absolute Gasteiger partial charge is 0.493 e. The summed E-state index contributed by atoms with van der Waals surface area (Å²) in [5, 5.41) is 11.6. The Bertz CT molecular complexity index is 2460. The van der Waals surface area contributed by atoms with Crippen molar-refractivity contribution in [3.8, 4) is 23.0 Å². The van der Waals surface area contributed by atoms with Crippen LogP contribution >= 0.6 is 11.8 Å². The van der Waals surface area contributed by atoms with E-state index in [4.69, 9.17) is 58.0 Å². The average Bonchev–Trinajstić information content (AvgIpc) is 3.96. The van der Waals surface area contributed by atoms with Crippen LogP contribution in [0.15, 0.2) is 69.7 Å². The third-order valence-electron chi connectivity index (χ3n) is 12.7. The zero-order valence-electron chi connectivity index (χ0n) is 42.4. The van der Waals surface area contributed by atoms with Gasteiger partial charge in [0.1, 0.15) is 13.2 Å². The fourth-order valence-electron chi connectivity index (χ4n) is 8.54. The summed E-state index contributed by atoms with van der Waals surface area (Å²) in [5.74, 6) is 0.409. The molecule has 19 nitrogen and oxygen atoms in total. The molecule has 2 atom stereocenters. The lowest BCUT2D eigenvalue weighted by atomic mass is 10.0. The number of allylic oxidation sites excluding steroid dienone is 2. The third-order valence-corrected chi connectivity index (χ3v) is 14.1. The second kappa shape index (κ2) is 26.1. The number of aliphatic carboxylic acids is 1. The Labute approximate surface area is 430 Å². The van der Waals surface area contributed by atoms with Crippen molar-refractivity contribution in [2.45, 2.75) is 77.0 Å². The van der Waals surface area contributed by atoms with E-state index in [9.17, 15) is 19.2 Å². The summed E-state index contributed by atoms with van der Waals surface area (Å²) in [6.45, 7) is 12.1. The number of amides is 3. The number of carbonyl (C=O) groups excluding carboxylic acids is 3. The molecule has 2 N–H and O–H groups in total. The number of hydrogen-bond donors (Lipinski definition) is 2. The standard InChI is InChI=1S/C53H66N6O13S/c1-7-34-19-39-27-55-43-25-47(45(65-5)23-41(43)51(63)58(39)29-34)71-31-37-21-36(53(3,4)73-33-49(60)54-10-12-68-14-16-70-18-17-69-15-13-67-11-9-50(61)62)22-38(57-37)32-72-48-26-44-42(24-46(48)66-6)52(64)59-30-35(8-2)20-40(59)28-56-44/h7-8,21-28,39-40H,9-20,29-33H2,1-6H3,(H,54,60)(H,61,62)/b34-7+,35-8+/t39-,40-/m0/s1. The van der Waals surface area contributed by atoms with Crippen molar-refractivity contribution < 1.29 is 62.2 Å². The molecular weight excluding hydrogens is 961 g/mol. The monoisotopic (exact) mass is 1030 g/mol. The quantitative estimate of drug-likeness (QED) is 0.0605. The zero-order chi connectivity index (χ0) is 51.9. The predicted octanol–water partition coefficient (Wildman–Crippen LogP) is 6.64. The Morgan fingerprint density at radius 1 is 0.699 bits per heavy atom. The van der Waals surface area contributed by atoms with Crippen molar-refractivity contribution in [3.05, 3.63) is 87.8 Å². The number of benzene rings is 2. The molecule has 0 spiro atoms. The van der Waals surface area contributed by atoms with Crippen LogP contribution in [0, 0.1) is 0 Å². The number of thioether (sulfide) groups is 1. The lowest BCUT2D eigenvalue weighted by Gasteiger charge is -2.26. The SMILES string of the molecule is C/C=C1\C[C@H]2C=Nc3cc(OCc4cc(C(C)(C)SCC(=O)NCCOCCOCCOCCOCCC(=O)O)cc(COc5cc6c(cc5OC)C(=O)N5C/C(=C/C)C[C@H]5C=N6)n4)c(OC)cc3C(=O)N2C1. The minimum atomic E-state index is -0.903. The van der Waals surface area contributed by atoms with Crippen LogP contribution in [0.2, 0.25) is 0 Å². The van der Waals surface area contributed by atoms with E-state index < -0.39 is 10.7 Å². The predicted molar refractivity (Wildman–Crippen MR) is 276 cm³/mol. The van der Waals surface area contributed by atoms with Gasteiger partial charge in [0.2, 0.25) is 5.91 Å². The van der Waals surface area contributed by atoms with E-state index in [1.807, 2.05) is 74.2 Å². The lowest BCUT2D eigenvalue weighted by Crippen LogP contribution is -2.35. The number of pyridine rings is 1. The van der Waals surface area contributed by atoms with Gasteiger partial charge in [-0.1, -0.05) is 23.3 Å².